The van der Waals surface area contributed by atoms with Crippen LogP contribution in [0.4, 0.5) is 5.69 Å². The molecule has 208 valence electrons. The molecule has 3 rings (SSSR count). The molecule has 0 saturated carbocycles. The number of halogens is 1. The van der Waals surface area contributed by atoms with Gasteiger partial charge in [0.15, 0.2) is 0 Å². The number of carbonyl (C=O) groups is 2. The minimum atomic E-state index is -4.14. The average molecular weight is 570 g/mol. The van der Waals surface area contributed by atoms with Gasteiger partial charge in [-0.2, -0.15) is 0 Å². The number of sulfonamides is 1. The maximum absolute atomic E-state index is 14.0. The van der Waals surface area contributed by atoms with Gasteiger partial charge in [-0.15, -0.1) is 0 Å². The Bertz CT molecular complexity index is 1410. The first-order chi connectivity index (χ1) is 18.4. The van der Waals surface area contributed by atoms with Crippen LogP contribution in [0.5, 0.6) is 0 Å². The number of para-hydroxylation sites is 1. The van der Waals surface area contributed by atoms with Gasteiger partial charge < -0.3 is 10.2 Å². The van der Waals surface area contributed by atoms with E-state index >= 15 is 0 Å². The Morgan fingerprint density at radius 1 is 0.949 bits per heavy atom. The Kier molecular flexibility index (Phi) is 10.2. The van der Waals surface area contributed by atoms with Crippen molar-refractivity contribution in [1.82, 2.24) is 10.2 Å². The number of benzene rings is 3. The van der Waals surface area contributed by atoms with Crippen molar-refractivity contribution in [2.24, 2.45) is 0 Å². The lowest BCUT2D eigenvalue weighted by Gasteiger charge is -2.33. The third kappa shape index (κ3) is 7.61. The molecule has 0 heterocycles. The Morgan fingerprint density at radius 2 is 1.62 bits per heavy atom. The molecule has 1 N–H and O–H groups in total. The molecule has 9 heteroatoms. The van der Waals surface area contributed by atoms with E-state index in [-0.39, 0.29) is 23.4 Å². The summed E-state index contributed by atoms with van der Waals surface area (Å²) in [5, 5.41) is 3.34. The third-order valence-electron chi connectivity index (χ3n) is 6.67. The zero-order valence-electron chi connectivity index (χ0n) is 23.0. The van der Waals surface area contributed by atoms with Crippen LogP contribution >= 0.6 is 11.6 Å². The van der Waals surface area contributed by atoms with E-state index in [1.54, 1.807) is 38.1 Å². The van der Waals surface area contributed by atoms with Gasteiger partial charge in [-0.1, -0.05) is 66.6 Å². The first-order valence-electron chi connectivity index (χ1n) is 12.9. The molecule has 0 aromatic heterocycles. The fraction of sp³-hybridized carbons (Fsp3) is 0.333. The van der Waals surface area contributed by atoms with Gasteiger partial charge in [0, 0.05) is 17.6 Å². The van der Waals surface area contributed by atoms with Crippen molar-refractivity contribution in [1.29, 1.82) is 0 Å². The summed E-state index contributed by atoms with van der Waals surface area (Å²) in [6.07, 6.45) is 0.741. The molecule has 0 aliphatic rings. The minimum Gasteiger partial charge on any atom is -0.352 e. The van der Waals surface area contributed by atoms with Crippen molar-refractivity contribution in [3.8, 4) is 0 Å². The third-order valence-corrected chi connectivity index (χ3v) is 8.69. The minimum absolute atomic E-state index is 0.00995. The highest BCUT2D eigenvalue weighted by Gasteiger charge is 2.33. The molecular formula is C30H36ClN3O4S. The predicted octanol–water partition coefficient (Wildman–Crippen LogP) is 5.48. The fourth-order valence-electron chi connectivity index (χ4n) is 4.15. The largest absolute Gasteiger partial charge is 0.352 e. The standard InChI is InChI=1S/C30H36ClN3O4S/c1-6-23(4)32-30(36)24(5)33(19-25-12-9-10-21(2)18-25)29(35)20-34(28-13-8-7-11-22(28)3)39(37,38)27-16-14-26(31)15-17-27/h7-18,23-24H,6,19-20H2,1-5H3,(H,32,36)/t23-,24-/m0/s1. The summed E-state index contributed by atoms with van der Waals surface area (Å²) >= 11 is 6.00. The number of amides is 2. The molecule has 7 nitrogen and oxygen atoms in total. The van der Waals surface area contributed by atoms with Crippen molar-refractivity contribution in [3.05, 3.63) is 94.5 Å². The lowest BCUT2D eigenvalue weighted by molar-refractivity contribution is -0.139. The van der Waals surface area contributed by atoms with E-state index in [2.05, 4.69) is 5.32 Å². The average Bonchev–Trinajstić information content (AvgIpc) is 2.90. The second-order valence-corrected chi connectivity index (χ2v) is 12.1. The van der Waals surface area contributed by atoms with Crippen LogP contribution in [0.25, 0.3) is 0 Å². The molecule has 2 amide bonds. The first kappa shape index (κ1) is 30.2. The molecule has 0 saturated heterocycles. The summed E-state index contributed by atoms with van der Waals surface area (Å²) in [6.45, 7) is 8.94. The molecule has 3 aromatic rings. The van der Waals surface area contributed by atoms with Crippen LogP contribution in [0, 0.1) is 13.8 Å². The molecule has 0 radical (unpaired) electrons. The van der Waals surface area contributed by atoms with Gasteiger partial charge >= 0.3 is 0 Å². The smallest absolute Gasteiger partial charge is 0.264 e. The highest BCUT2D eigenvalue weighted by molar-refractivity contribution is 7.92. The summed E-state index contributed by atoms with van der Waals surface area (Å²) in [5.74, 6) is -0.794. The molecule has 0 aliphatic carbocycles. The Balaban J connectivity index is 2.04. The van der Waals surface area contributed by atoms with E-state index in [9.17, 15) is 18.0 Å². The number of carbonyl (C=O) groups excluding carboxylic acids is 2. The van der Waals surface area contributed by atoms with E-state index in [0.717, 1.165) is 21.9 Å². The molecule has 39 heavy (non-hydrogen) atoms. The van der Waals surface area contributed by atoms with Crippen molar-refractivity contribution in [2.45, 2.75) is 64.6 Å². The summed E-state index contributed by atoms with van der Waals surface area (Å²) in [4.78, 5) is 28.6. The maximum atomic E-state index is 14.0. The van der Waals surface area contributed by atoms with Gasteiger partial charge in [-0.3, -0.25) is 13.9 Å². The second kappa shape index (κ2) is 13.1. The van der Waals surface area contributed by atoms with E-state index in [1.807, 2.05) is 45.0 Å². The van der Waals surface area contributed by atoms with Gasteiger partial charge in [-0.25, -0.2) is 8.42 Å². The zero-order valence-corrected chi connectivity index (χ0v) is 24.6. The molecule has 0 bridgehead atoms. The van der Waals surface area contributed by atoms with Crippen molar-refractivity contribution in [3.63, 3.8) is 0 Å². The molecule has 2 atom stereocenters. The highest BCUT2D eigenvalue weighted by Crippen LogP contribution is 2.28. The summed E-state index contributed by atoms with van der Waals surface area (Å²) in [6, 6.07) is 19.6. The van der Waals surface area contributed by atoms with Crippen LogP contribution in [0.15, 0.2) is 77.7 Å². The van der Waals surface area contributed by atoms with E-state index in [1.165, 1.54) is 29.2 Å². The van der Waals surface area contributed by atoms with E-state index in [0.29, 0.717) is 16.3 Å². The van der Waals surface area contributed by atoms with E-state index < -0.39 is 28.5 Å². The lowest BCUT2D eigenvalue weighted by atomic mass is 10.1. The second-order valence-electron chi connectivity index (χ2n) is 9.76. The molecule has 0 fully saturated rings. The number of anilines is 1. The van der Waals surface area contributed by atoms with E-state index in [4.69, 9.17) is 11.6 Å². The molecule has 0 unspecified atom stereocenters. The normalized spacial score (nSPS) is 12.9. The Morgan fingerprint density at radius 3 is 2.23 bits per heavy atom. The van der Waals surface area contributed by atoms with Gasteiger partial charge in [-0.05, 0) is 75.6 Å². The molecule has 0 aliphatic heterocycles. The van der Waals surface area contributed by atoms with Gasteiger partial charge in [0.25, 0.3) is 10.0 Å². The van der Waals surface area contributed by atoms with Crippen LogP contribution in [0.1, 0.15) is 43.9 Å². The van der Waals surface area contributed by atoms with Crippen molar-refractivity contribution >= 4 is 39.1 Å². The number of nitrogens with zero attached hydrogens (tertiary/aromatic N) is 2. The van der Waals surface area contributed by atoms with Gasteiger partial charge in [0.2, 0.25) is 11.8 Å². The Labute approximate surface area is 236 Å². The summed E-state index contributed by atoms with van der Waals surface area (Å²) < 4.78 is 28.9. The van der Waals surface area contributed by atoms with Crippen molar-refractivity contribution in [2.75, 3.05) is 10.8 Å². The SMILES string of the molecule is CC[C@H](C)NC(=O)[C@H](C)N(Cc1cccc(C)c1)C(=O)CN(c1ccccc1C)S(=O)(=O)c1ccc(Cl)cc1. The maximum Gasteiger partial charge on any atom is 0.264 e. The quantitative estimate of drug-likeness (QED) is 0.331. The lowest BCUT2D eigenvalue weighted by Crippen LogP contribution is -2.52. The zero-order chi connectivity index (χ0) is 28.7. The molecular weight excluding hydrogens is 534 g/mol. The summed E-state index contributed by atoms with van der Waals surface area (Å²) in [7, 11) is -4.14. The topological polar surface area (TPSA) is 86.8 Å². The summed E-state index contributed by atoms with van der Waals surface area (Å²) in [5.41, 5.74) is 2.93. The van der Waals surface area contributed by atoms with Crippen LogP contribution in [-0.2, 0) is 26.2 Å². The molecule has 0 spiro atoms. The number of aryl methyl sites for hydroxylation is 2. The predicted molar refractivity (Wildman–Crippen MR) is 156 cm³/mol. The fourth-order valence-corrected chi connectivity index (χ4v) is 5.75. The number of hydrogen-bond donors (Lipinski definition) is 1. The number of nitrogens with one attached hydrogen (secondary N) is 1. The molecule has 3 aromatic carbocycles. The van der Waals surface area contributed by atoms with Gasteiger partial charge in [0.05, 0.1) is 10.6 Å². The monoisotopic (exact) mass is 569 g/mol. The number of rotatable bonds is 11. The van der Waals surface area contributed by atoms with Crippen molar-refractivity contribution < 1.29 is 18.0 Å². The first-order valence-corrected chi connectivity index (χ1v) is 14.7. The number of hydrogen-bond acceptors (Lipinski definition) is 4. The van der Waals surface area contributed by atoms with Crippen LogP contribution < -0.4 is 9.62 Å². The Hall–Kier alpha value is -3.36. The highest BCUT2D eigenvalue weighted by atomic mass is 35.5. The van der Waals surface area contributed by atoms with Crippen LogP contribution in [0.3, 0.4) is 0 Å². The van der Waals surface area contributed by atoms with Gasteiger partial charge in [0.1, 0.15) is 12.6 Å². The van der Waals surface area contributed by atoms with Crippen LogP contribution in [0.2, 0.25) is 5.02 Å². The van der Waals surface area contributed by atoms with Crippen LogP contribution in [-0.4, -0.2) is 43.8 Å².